The summed E-state index contributed by atoms with van der Waals surface area (Å²) in [5.41, 5.74) is 1.09. The van der Waals surface area contributed by atoms with E-state index in [4.69, 9.17) is 0 Å². The number of hydrogen-bond donors (Lipinski definition) is 1. The molecule has 2 aromatic heterocycles. The molecular weight excluding hydrogens is 346 g/mol. The number of nitrogens with zero attached hydrogens (tertiary/aromatic N) is 2. The van der Waals surface area contributed by atoms with Crippen LogP contribution in [0.2, 0.25) is 0 Å². The third-order valence-corrected chi connectivity index (χ3v) is 6.76. The number of sulfonamides is 1. The molecule has 0 spiro atoms. The highest BCUT2D eigenvalue weighted by atomic mass is 32.2. The lowest BCUT2D eigenvalue weighted by Gasteiger charge is -2.30. The highest BCUT2D eigenvalue weighted by Crippen LogP contribution is 2.23. The lowest BCUT2D eigenvalue weighted by molar-refractivity contribution is -0.126. The van der Waals surface area contributed by atoms with Crippen LogP contribution in [0.4, 0.5) is 0 Å². The summed E-state index contributed by atoms with van der Waals surface area (Å²) in [5.74, 6) is -0.136. The highest BCUT2D eigenvalue weighted by molar-refractivity contribution is 7.89. The van der Waals surface area contributed by atoms with Gasteiger partial charge in [0, 0.05) is 37.9 Å². The predicted molar refractivity (Wildman–Crippen MR) is 91.9 cm³/mol. The third kappa shape index (κ3) is 3.82. The van der Waals surface area contributed by atoms with Crippen molar-refractivity contribution < 1.29 is 13.2 Å². The molecule has 1 N–H and O–H groups in total. The van der Waals surface area contributed by atoms with Gasteiger partial charge in [-0.05, 0) is 47.4 Å². The fourth-order valence-corrected chi connectivity index (χ4v) is 4.84. The van der Waals surface area contributed by atoms with Gasteiger partial charge in [-0.15, -0.1) is 0 Å². The first-order valence-electron chi connectivity index (χ1n) is 7.76. The van der Waals surface area contributed by atoms with Crippen molar-refractivity contribution >= 4 is 27.3 Å². The smallest absolute Gasteiger partial charge is 0.244 e. The number of hydrogen-bond acceptors (Lipinski definition) is 5. The molecule has 0 aromatic carbocycles. The Hall–Kier alpha value is -1.77. The van der Waals surface area contributed by atoms with Crippen LogP contribution >= 0.6 is 11.3 Å². The molecule has 1 saturated heterocycles. The third-order valence-electron chi connectivity index (χ3n) is 4.14. The number of carbonyl (C=O) groups is 1. The van der Waals surface area contributed by atoms with E-state index in [0.29, 0.717) is 32.5 Å². The number of amides is 1. The Morgan fingerprint density at radius 1 is 1.33 bits per heavy atom. The zero-order chi connectivity index (χ0) is 17.0. The molecule has 1 amide bonds. The van der Waals surface area contributed by atoms with Crippen molar-refractivity contribution in [1.29, 1.82) is 0 Å². The summed E-state index contributed by atoms with van der Waals surface area (Å²) in [5, 5.41) is 6.91. The van der Waals surface area contributed by atoms with Gasteiger partial charge in [-0.2, -0.15) is 15.6 Å². The van der Waals surface area contributed by atoms with Crippen LogP contribution in [0.3, 0.4) is 0 Å². The molecule has 1 aliphatic heterocycles. The van der Waals surface area contributed by atoms with Gasteiger partial charge in [-0.3, -0.25) is 9.78 Å². The molecule has 3 heterocycles. The number of piperidine rings is 1. The van der Waals surface area contributed by atoms with E-state index in [0.717, 1.165) is 5.56 Å². The second kappa shape index (κ2) is 7.42. The highest BCUT2D eigenvalue weighted by Gasteiger charge is 2.32. The van der Waals surface area contributed by atoms with Gasteiger partial charge in [-0.25, -0.2) is 8.42 Å². The van der Waals surface area contributed by atoms with Crippen LogP contribution in [0, 0.1) is 5.92 Å². The molecule has 0 bridgehead atoms. The fourth-order valence-electron chi connectivity index (χ4n) is 2.73. The number of thiophene rings is 1. The molecule has 0 atom stereocenters. The number of nitrogens with one attached hydrogen (secondary N) is 1. The van der Waals surface area contributed by atoms with Crippen molar-refractivity contribution in [3.63, 3.8) is 0 Å². The number of pyridine rings is 1. The van der Waals surface area contributed by atoms with E-state index in [1.807, 2.05) is 16.8 Å². The zero-order valence-electron chi connectivity index (χ0n) is 13.1. The van der Waals surface area contributed by atoms with E-state index < -0.39 is 10.0 Å². The Labute approximate surface area is 145 Å². The van der Waals surface area contributed by atoms with Crippen LogP contribution in [0.5, 0.6) is 0 Å². The van der Waals surface area contributed by atoms with Crippen molar-refractivity contribution in [3.05, 3.63) is 46.9 Å². The topological polar surface area (TPSA) is 79.4 Å². The Bertz CT molecular complexity index is 768. The first kappa shape index (κ1) is 17.1. The van der Waals surface area contributed by atoms with Gasteiger partial charge in [0.05, 0.1) is 0 Å². The molecule has 128 valence electrons. The Morgan fingerprint density at radius 3 is 2.75 bits per heavy atom. The Morgan fingerprint density at radius 2 is 2.12 bits per heavy atom. The average molecular weight is 365 g/mol. The SMILES string of the molecule is O=C(NCc1ccsc1)C1CCN(S(=O)(=O)c2cccnc2)CC1. The summed E-state index contributed by atoms with van der Waals surface area (Å²) in [6.07, 6.45) is 3.97. The number of carbonyl (C=O) groups excluding carboxylic acids is 1. The molecule has 6 nitrogen and oxygen atoms in total. The maximum atomic E-state index is 12.5. The van der Waals surface area contributed by atoms with E-state index in [9.17, 15) is 13.2 Å². The van der Waals surface area contributed by atoms with E-state index in [2.05, 4.69) is 10.3 Å². The van der Waals surface area contributed by atoms with Gasteiger partial charge in [0.15, 0.2) is 0 Å². The maximum Gasteiger partial charge on any atom is 0.244 e. The van der Waals surface area contributed by atoms with Gasteiger partial charge in [0.25, 0.3) is 0 Å². The molecule has 1 aliphatic rings. The van der Waals surface area contributed by atoms with Gasteiger partial charge in [-0.1, -0.05) is 0 Å². The monoisotopic (exact) mass is 365 g/mol. The van der Waals surface area contributed by atoms with Crippen molar-refractivity contribution in [3.8, 4) is 0 Å². The second-order valence-electron chi connectivity index (χ2n) is 5.72. The van der Waals surface area contributed by atoms with Crippen LogP contribution in [0.1, 0.15) is 18.4 Å². The Kier molecular flexibility index (Phi) is 5.27. The summed E-state index contributed by atoms with van der Waals surface area (Å²) in [6.45, 7) is 1.23. The maximum absolute atomic E-state index is 12.5. The quantitative estimate of drug-likeness (QED) is 0.877. The van der Waals surface area contributed by atoms with Gasteiger partial charge >= 0.3 is 0 Å². The normalized spacial score (nSPS) is 16.8. The van der Waals surface area contributed by atoms with Crippen LogP contribution in [0.25, 0.3) is 0 Å². The molecule has 0 aliphatic carbocycles. The molecule has 0 radical (unpaired) electrons. The molecule has 8 heteroatoms. The van der Waals surface area contributed by atoms with Crippen molar-refractivity contribution in [2.24, 2.45) is 5.92 Å². The molecule has 2 aromatic rings. The molecule has 0 unspecified atom stereocenters. The number of rotatable bonds is 5. The summed E-state index contributed by atoms with van der Waals surface area (Å²) in [4.78, 5) is 16.3. The van der Waals surface area contributed by atoms with E-state index >= 15 is 0 Å². The van der Waals surface area contributed by atoms with Crippen molar-refractivity contribution in [2.75, 3.05) is 13.1 Å². The van der Waals surface area contributed by atoms with Gasteiger partial charge in [0.1, 0.15) is 4.90 Å². The summed E-state index contributed by atoms with van der Waals surface area (Å²) >= 11 is 1.60. The lowest BCUT2D eigenvalue weighted by Crippen LogP contribution is -2.42. The van der Waals surface area contributed by atoms with Crippen molar-refractivity contribution in [2.45, 2.75) is 24.3 Å². The molecule has 0 saturated carbocycles. The summed E-state index contributed by atoms with van der Waals surface area (Å²) < 4.78 is 26.5. The molecule has 24 heavy (non-hydrogen) atoms. The Balaban J connectivity index is 1.54. The molecule has 1 fully saturated rings. The van der Waals surface area contributed by atoms with E-state index in [-0.39, 0.29) is 16.7 Å². The largest absolute Gasteiger partial charge is 0.352 e. The second-order valence-corrected chi connectivity index (χ2v) is 8.43. The predicted octanol–water partition coefficient (Wildman–Crippen LogP) is 1.86. The summed E-state index contributed by atoms with van der Waals surface area (Å²) in [6, 6.07) is 5.13. The van der Waals surface area contributed by atoms with Crippen LogP contribution in [-0.2, 0) is 21.4 Å². The zero-order valence-corrected chi connectivity index (χ0v) is 14.7. The van der Waals surface area contributed by atoms with Crippen LogP contribution in [0.15, 0.2) is 46.2 Å². The first-order chi connectivity index (χ1) is 11.6. The number of aromatic nitrogens is 1. The minimum absolute atomic E-state index is 0.000347. The summed E-state index contributed by atoms with van der Waals surface area (Å²) in [7, 11) is -3.52. The van der Waals surface area contributed by atoms with Gasteiger partial charge in [0.2, 0.25) is 15.9 Å². The van der Waals surface area contributed by atoms with E-state index in [1.54, 1.807) is 29.7 Å². The van der Waals surface area contributed by atoms with Crippen LogP contribution in [-0.4, -0.2) is 36.7 Å². The molecule has 3 rings (SSSR count). The minimum atomic E-state index is -3.52. The van der Waals surface area contributed by atoms with Gasteiger partial charge < -0.3 is 5.32 Å². The molecular formula is C16H19N3O3S2. The van der Waals surface area contributed by atoms with Crippen molar-refractivity contribution in [1.82, 2.24) is 14.6 Å². The standard InChI is InChI=1S/C16H19N3O3S2/c20-16(18-10-13-5-9-23-12-13)14-3-7-19(8-4-14)24(21,22)15-2-1-6-17-11-15/h1-2,5-6,9,11-12,14H,3-4,7-8,10H2,(H,18,20). The van der Waals surface area contributed by atoms with E-state index in [1.165, 1.54) is 10.5 Å². The van der Waals surface area contributed by atoms with Crippen LogP contribution < -0.4 is 5.32 Å². The first-order valence-corrected chi connectivity index (χ1v) is 10.1. The fraction of sp³-hybridized carbons (Fsp3) is 0.375. The minimum Gasteiger partial charge on any atom is -0.352 e. The average Bonchev–Trinajstić information content (AvgIpc) is 3.14. The lowest BCUT2D eigenvalue weighted by atomic mass is 9.97.